The molecule has 15 heavy (non-hydrogen) atoms. The Labute approximate surface area is 79.8 Å². The van der Waals surface area contributed by atoms with Crippen molar-refractivity contribution < 1.29 is 26.3 Å². The normalized spacial score (nSPS) is 18.3. The second kappa shape index (κ2) is 2.77. The highest BCUT2D eigenvalue weighted by molar-refractivity contribution is 5.73. The molecule has 1 aliphatic carbocycles. The third-order valence-electron chi connectivity index (χ3n) is 2.11. The summed E-state index contributed by atoms with van der Waals surface area (Å²) < 4.78 is 77.2. The van der Waals surface area contributed by atoms with Crippen molar-refractivity contribution in [2.45, 2.75) is 5.92 Å². The molecule has 0 radical (unpaired) electrons. The van der Waals surface area contributed by atoms with E-state index in [1.165, 1.54) is 0 Å². The average molecular weight is 224 g/mol. The molecule has 0 aliphatic heterocycles. The van der Waals surface area contributed by atoms with Crippen molar-refractivity contribution in [1.82, 2.24) is 0 Å². The van der Waals surface area contributed by atoms with Gasteiger partial charge in [-0.1, -0.05) is 0 Å². The summed E-state index contributed by atoms with van der Waals surface area (Å²) in [6.07, 6.45) is 0. The summed E-state index contributed by atoms with van der Waals surface area (Å²) in [6.45, 7) is 0. The predicted octanol–water partition coefficient (Wildman–Crippen LogP) is 3.68. The van der Waals surface area contributed by atoms with Gasteiger partial charge in [0.2, 0.25) is 5.83 Å². The van der Waals surface area contributed by atoms with Crippen molar-refractivity contribution in [3.05, 3.63) is 40.7 Å². The summed E-state index contributed by atoms with van der Waals surface area (Å²) in [5.74, 6) is -11.9. The molecule has 1 aromatic carbocycles. The van der Waals surface area contributed by atoms with Crippen LogP contribution in [0.4, 0.5) is 26.3 Å². The quantitative estimate of drug-likeness (QED) is 0.589. The molecule has 0 N–H and O–H groups in total. The molecule has 1 aliphatic rings. The zero-order valence-corrected chi connectivity index (χ0v) is 6.92. The van der Waals surface area contributed by atoms with Gasteiger partial charge < -0.3 is 0 Å². The van der Waals surface area contributed by atoms with E-state index < -0.39 is 40.3 Å². The first kappa shape index (κ1) is 10.1. The molecule has 0 nitrogen and oxygen atoms in total. The lowest BCUT2D eigenvalue weighted by Crippen LogP contribution is -2.13. The van der Waals surface area contributed by atoms with Gasteiger partial charge in [0.15, 0.2) is 5.83 Å². The zero-order chi connectivity index (χ0) is 11.4. The summed E-state index contributed by atoms with van der Waals surface area (Å²) in [6, 6.07) is 0.858. The van der Waals surface area contributed by atoms with Crippen LogP contribution in [0.25, 0.3) is 5.83 Å². The van der Waals surface area contributed by atoms with Crippen LogP contribution in [-0.4, -0.2) is 0 Å². The maximum absolute atomic E-state index is 12.9. The summed E-state index contributed by atoms with van der Waals surface area (Å²) in [7, 11) is 0. The number of fused-ring (bicyclic) bond motifs is 1. The molecule has 0 aromatic heterocycles. The van der Waals surface area contributed by atoms with E-state index in [1.807, 2.05) is 0 Å². The lowest BCUT2D eigenvalue weighted by atomic mass is 10.1. The fourth-order valence-corrected chi connectivity index (χ4v) is 1.43. The van der Waals surface area contributed by atoms with E-state index in [4.69, 9.17) is 0 Å². The van der Waals surface area contributed by atoms with E-state index in [2.05, 4.69) is 0 Å². The molecule has 80 valence electrons. The van der Waals surface area contributed by atoms with Crippen molar-refractivity contribution in [2.24, 2.45) is 0 Å². The number of allylic oxidation sites excluding steroid dienone is 1. The van der Waals surface area contributed by atoms with E-state index in [9.17, 15) is 26.3 Å². The Balaban J connectivity index is 2.86. The lowest BCUT2D eigenvalue weighted by molar-refractivity contribution is 0.0145. The smallest absolute Gasteiger partial charge is 0.206 e. The Kier molecular flexibility index (Phi) is 1.86. The SMILES string of the molecule is FC1=C(F)C(F)(F)c2c(F)ccc(F)c21. The predicted molar refractivity (Wildman–Crippen MR) is 39.4 cm³/mol. The first-order valence-electron chi connectivity index (χ1n) is 3.79. The van der Waals surface area contributed by atoms with Crippen LogP contribution in [0.2, 0.25) is 0 Å². The Morgan fingerprint density at radius 1 is 0.867 bits per heavy atom. The fourth-order valence-electron chi connectivity index (χ4n) is 1.43. The van der Waals surface area contributed by atoms with Crippen molar-refractivity contribution in [3.8, 4) is 0 Å². The Bertz CT molecular complexity index is 474. The van der Waals surface area contributed by atoms with Crippen LogP contribution in [-0.2, 0) is 5.92 Å². The van der Waals surface area contributed by atoms with Gasteiger partial charge in [0.1, 0.15) is 11.6 Å². The molecular weight excluding hydrogens is 222 g/mol. The number of alkyl halides is 2. The van der Waals surface area contributed by atoms with E-state index in [0.29, 0.717) is 12.1 Å². The molecule has 0 saturated carbocycles. The molecule has 0 heterocycles. The third-order valence-corrected chi connectivity index (χ3v) is 2.11. The zero-order valence-electron chi connectivity index (χ0n) is 6.92. The minimum absolute atomic E-state index is 0.397. The van der Waals surface area contributed by atoms with Gasteiger partial charge in [-0.3, -0.25) is 0 Å². The van der Waals surface area contributed by atoms with Crippen LogP contribution in [0, 0.1) is 11.6 Å². The topological polar surface area (TPSA) is 0 Å². The van der Waals surface area contributed by atoms with Gasteiger partial charge in [-0.05, 0) is 12.1 Å². The highest BCUT2D eigenvalue weighted by atomic mass is 19.3. The van der Waals surface area contributed by atoms with Crippen molar-refractivity contribution >= 4 is 5.83 Å². The number of halogens is 6. The first-order chi connectivity index (χ1) is 6.87. The highest BCUT2D eigenvalue weighted by Crippen LogP contribution is 2.51. The molecule has 0 fully saturated rings. The van der Waals surface area contributed by atoms with E-state index in [0.717, 1.165) is 0 Å². The minimum Gasteiger partial charge on any atom is -0.206 e. The average Bonchev–Trinajstić information content (AvgIpc) is 2.34. The number of hydrogen-bond donors (Lipinski definition) is 0. The van der Waals surface area contributed by atoms with Gasteiger partial charge in [0.05, 0.1) is 11.1 Å². The number of benzene rings is 1. The molecule has 0 atom stereocenters. The number of rotatable bonds is 0. The van der Waals surface area contributed by atoms with Gasteiger partial charge >= 0.3 is 5.92 Å². The van der Waals surface area contributed by atoms with Crippen LogP contribution < -0.4 is 0 Å². The molecule has 1 aromatic rings. The highest BCUT2D eigenvalue weighted by Gasteiger charge is 2.51. The van der Waals surface area contributed by atoms with Gasteiger partial charge in [-0.15, -0.1) is 0 Å². The van der Waals surface area contributed by atoms with Gasteiger partial charge in [-0.2, -0.15) is 8.78 Å². The third kappa shape index (κ3) is 1.10. The molecular formula is C9H2F6. The van der Waals surface area contributed by atoms with Crippen LogP contribution in [0.15, 0.2) is 18.0 Å². The van der Waals surface area contributed by atoms with E-state index in [-0.39, 0.29) is 0 Å². The summed E-state index contributed by atoms with van der Waals surface area (Å²) >= 11 is 0. The van der Waals surface area contributed by atoms with Crippen LogP contribution in [0.1, 0.15) is 11.1 Å². The molecule has 0 amide bonds. The molecule has 0 spiro atoms. The molecule has 0 saturated heterocycles. The maximum atomic E-state index is 12.9. The molecule has 2 rings (SSSR count). The maximum Gasteiger partial charge on any atom is 0.330 e. The second-order valence-electron chi connectivity index (χ2n) is 2.98. The standard InChI is InChI=1S/C9H2F6/c10-3-1-2-4(11)6-5(3)7(12)8(13)9(6,14)15/h1-2H. The van der Waals surface area contributed by atoms with Gasteiger partial charge in [-0.25, -0.2) is 17.6 Å². The summed E-state index contributed by atoms with van der Waals surface area (Å²) in [4.78, 5) is 0. The first-order valence-corrected chi connectivity index (χ1v) is 3.79. The Hall–Kier alpha value is -1.46. The molecule has 0 bridgehead atoms. The molecule has 6 heteroatoms. The summed E-state index contributed by atoms with van der Waals surface area (Å²) in [5.41, 5.74) is -2.92. The number of hydrogen-bond acceptors (Lipinski definition) is 0. The second-order valence-corrected chi connectivity index (χ2v) is 2.98. The van der Waals surface area contributed by atoms with Gasteiger partial charge in [0.25, 0.3) is 0 Å². The van der Waals surface area contributed by atoms with Crippen LogP contribution in [0.5, 0.6) is 0 Å². The van der Waals surface area contributed by atoms with Crippen molar-refractivity contribution in [2.75, 3.05) is 0 Å². The Morgan fingerprint density at radius 3 is 1.93 bits per heavy atom. The van der Waals surface area contributed by atoms with Crippen LogP contribution >= 0.6 is 0 Å². The fraction of sp³-hybridized carbons (Fsp3) is 0.111. The van der Waals surface area contributed by atoms with Crippen molar-refractivity contribution in [3.63, 3.8) is 0 Å². The molecule has 0 unspecified atom stereocenters. The van der Waals surface area contributed by atoms with Crippen molar-refractivity contribution in [1.29, 1.82) is 0 Å². The van der Waals surface area contributed by atoms with E-state index >= 15 is 0 Å². The lowest BCUT2D eigenvalue weighted by Gasteiger charge is -2.10. The largest absolute Gasteiger partial charge is 0.330 e. The monoisotopic (exact) mass is 224 g/mol. The minimum atomic E-state index is -4.44. The van der Waals surface area contributed by atoms with Gasteiger partial charge in [0, 0.05) is 0 Å². The summed E-state index contributed by atoms with van der Waals surface area (Å²) in [5, 5.41) is 0. The van der Waals surface area contributed by atoms with E-state index in [1.54, 1.807) is 0 Å². The van der Waals surface area contributed by atoms with Crippen LogP contribution in [0.3, 0.4) is 0 Å². The Morgan fingerprint density at radius 2 is 1.40 bits per heavy atom.